The molecule has 0 saturated carbocycles. The second-order valence-corrected chi connectivity index (χ2v) is 8.64. The average Bonchev–Trinajstić information content (AvgIpc) is 3.20. The minimum Gasteiger partial charge on any atom is -0.341 e. The number of nitrogens with zero attached hydrogens (tertiary/aromatic N) is 4. The number of anilines is 3. The molecular weight excluding hydrogens is 402 g/mol. The average molecular weight is 424 g/mol. The van der Waals surface area contributed by atoms with Crippen molar-refractivity contribution in [3.05, 3.63) is 54.7 Å². The Morgan fingerprint density at radius 2 is 1.97 bits per heavy atom. The zero-order chi connectivity index (χ0) is 21.1. The lowest BCUT2D eigenvalue weighted by Crippen LogP contribution is -2.16. The van der Waals surface area contributed by atoms with Crippen molar-refractivity contribution in [1.82, 2.24) is 24.9 Å². The zero-order valence-electron chi connectivity index (χ0n) is 16.5. The fraction of sp³-hybridized carbons (Fsp3) is 0.200. The van der Waals surface area contributed by atoms with E-state index in [1.807, 2.05) is 32.0 Å². The number of imidazole rings is 1. The molecule has 0 aliphatic rings. The largest absolute Gasteiger partial charge is 0.341 e. The molecule has 10 heteroatoms. The van der Waals surface area contributed by atoms with Crippen molar-refractivity contribution in [2.24, 2.45) is 0 Å². The van der Waals surface area contributed by atoms with Crippen LogP contribution in [-0.2, 0) is 10.0 Å². The van der Waals surface area contributed by atoms with E-state index in [9.17, 15) is 8.42 Å². The Hall–Kier alpha value is -3.53. The van der Waals surface area contributed by atoms with Gasteiger partial charge in [-0.15, -0.1) is 0 Å². The molecule has 3 aromatic heterocycles. The lowest BCUT2D eigenvalue weighted by Gasteiger charge is -2.15. The quantitative estimate of drug-likeness (QED) is 0.414. The van der Waals surface area contributed by atoms with Crippen LogP contribution < -0.4 is 10.0 Å². The molecule has 0 amide bonds. The summed E-state index contributed by atoms with van der Waals surface area (Å²) >= 11 is 0. The van der Waals surface area contributed by atoms with Gasteiger partial charge < -0.3 is 10.3 Å². The standard InChI is InChI=1S/C20H21N7O2S/c1-3-9-30(28,29)27-14-7-6-13(2)16(10-14)26-19-15(5-4-8-21-19)17-18-20(24-11-22-17)25-12-23-18/h4-8,10-12,27H,3,9H2,1-2H3,(H,21,26)(H,22,23,24,25). The molecule has 1 aromatic carbocycles. The number of aromatic nitrogens is 5. The minimum atomic E-state index is -3.38. The van der Waals surface area contributed by atoms with Gasteiger partial charge in [0.1, 0.15) is 23.4 Å². The predicted octanol–water partition coefficient (Wildman–Crippen LogP) is 3.62. The van der Waals surface area contributed by atoms with Crippen molar-refractivity contribution in [3.8, 4) is 11.3 Å². The van der Waals surface area contributed by atoms with Crippen LogP contribution in [0.3, 0.4) is 0 Å². The number of fused-ring (bicyclic) bond motifs is 1. The highest BCUT2D eigenvalue weighted by Crippen LogP contribution is 2.32. The molecule has 0 spiro atoms. The van der Waals surface area contributed by atoms with Gasteiger partial charge in [-0.1, -0.05) is 13.0 Å². The molecule has 0 fully saturated rings. The topological polar surface area (TPSA) is 126 Å². The van der Waals surface area contributed by atoms with Gasteiger partial charge in [-0.05, 0) is 43.2 Å². The van der Waals surface area contributed by atoms with Crippen molar-refractivity contribution >= 4 is 38.4 Å². The summed E-state index contributed by atoms with van der Waals surface area (Å²) in [5, 5.41) is 3.31. The molecule has 4 rings (SSSR count). The third kappa shape index (κ3) is 4.08. The summed E-state index contributed by atoms with van der Waals surface area (Å²) in [6, 6.07) is 9.08. The second-order valence-electron chi connectivity index (χ2n) is 6.80. The number of pyridine rings is 1. The maximum absolute atomic E-state index is 12.1. The van der Waals surface area contributed by atoms with E-state index >= 15 is 0 Å². The summed E-state index contributed by atoms with van der Waals surface area (Å²) in [5.74, 6) is 0.658. The smallest absolute Gasteiger partial charge is 0.232 e. The normalized spacial score (nSPS) is 11.5. The number of rotatable bonds is 7. The van der Waals surface area contributed by atoms with Crippen LogP contribution in [0.4, 0.5) is 17.2 Å². The molecule has 0 aliphatic heterocycles. The van der Waals surface area contributed by atoms with Gasteiger partial charge in [0.15, 0.2) is 5.65 Å². The number of aryl methyl sites for hydroxylation is 1. The maximum Gasteiger partial charge on any atom is 0.232 e. The lowest BCUT2D eigenvalue weighted by atomic mass is 10.1. The Labute approximate surface area is 174 Å². The SMILES string of the molecule is CCCS(=O)(=O)Nc1ccc(C)c(Nc2ncccc2-c2ncnc3nc[nH]c23)c1. The predicted molar refractivity (Wildman–Crippen MR) is 117 cm³/mol. The molecule has 0 radical (unpaired) electrons. The molecule has 9 nitrogen and oxygen atoms in total. The van der Waals surface area contributed by atoms with E-state index in [-0.39, 0.29) is 5.75 Å². The molecule has 30 heavy (non-hydrogen) atoms. The van der Waals surface area contributed by atoms with Gasteiger partial charge in [0.25, 0.3) is 0 Å². The fourth-order valence-electron chi connectivity index (χ4n) is 3.11. The van der Waals surface area contributed by atoms with E-state index in [1.54, 1.807) is 24.7 Å². The van der Waals surface area contributed by atoms with Crippen LogP contribution in [0, 0.1) is 6.92 Å². The molecule has 154 valence electrons. The monoisotopic (exact) mass is 423 g/mol. The maximum atomic E-state index is 12.1. The van der Waals surface area contributed by atoms with E-state index in [0.29, 0.717) is 34.8 Å². The number of H-pyrrole nitrogens is 1. The summed E-state index contributed by atoms with van der Waals surface area (Å²) in [4.78, 5) is 20.3. The van der Waals surface area contributed by atoms with Gasteiger partial charge in [0.05, 0.1) is 17.8 Å². The molecular formula is C20H21N7O2S. The number of nitrogens with one attached hydrogen (secondary N) is 3. The Bertz CT molecular complexity index is 1300. The van der Waals surface area contributed by atoms with Gasteiger partial charge in [-0.25, -0.2) is 28.4 Å². The van der Waals surface area contributed by atoms with Crippen molar-refractivity contribution in [2.75, 3.05) is 15.8 Å². The highest BCUT2D eigenvalue weighted by molar-refractivity contribution is 7.92. The fourth-order valence-corrected chi connectivity index (χ4v) is 4.24. The van der Waals surface area contributed by atoms with Crippen molar-refractivity contribution in [3.63, 3.8) is 0 Å². The first-order chi connectivity index (χ1) is 14.5. The molecule has 3 N–H and O–H groups in total. The molecule has 0 bridgehead atoms. The first-order valence-electron chi connectivity index (χ1n) is 9.44. The highest BCUT2D eigenvalue weighted by Gasteiger charge is 2.15. The number of hydrogen-bond acceptors (Lipinski definition) is 7. The van der Waals surface area contributed by atoms with Gasteiger partial charge >= 0.3 is 0 Å². The molecule has 0 aliphatic carbocycles. The van der Waals surface area contributed by atoms with Crippen LogP contribution in [0.5, 0.6) is 0 Å². The first kappa shape index (κ1) is 19.8. The third-order valence-electron chi connectivity index (χ3n) is 4.52. The number of sulfonamides is 1. The molecule has 4 aromatic rings. The lowest BCUT2D eigenvalue weighted by molar-refractivity contribution is 0.600. The van der Waals surface area contributed by atoms with Crippen molar-refractivity contribution in [2.45, 2.75) is 20.3 Å². The van der Waals surface area contributed by atoms with E-state index < -0.39 is 10.0 Å². The Balaban J connectivity index is 1.71. The number of hydrogen-bond donors (Lipinski definition) is 3. The third-order valence-corrected chi connectivity index (χ3v) is 6.02. The van der Waals surface area contributed by atoms with Crippen LogP contribution >= 0.6 is 0 Å². The molecule has 3 heterocycles. The van der Waals surface area contributed by atoms with Crippen molar-refractivity contribution < 1.29 is 8.42 Å². The van der Waals surface area contributed by atoms with Crippen LogP contribution in [0.1, 0.15) is 18.9 Å². The van der Waals surface area contributed by atoms with Gasteiger partial charge in [-0.2, -0.15) is 0 Å². The van der Waals surface area contributed by atoms with Crippen LogP contribution in [0.2, 0.25) is 0 Å². The van der Waals surface area contributed by atoms with Crippen molar-refractivity contribution in [1.29, 1.82) is 0 Å². The summed E-state index contributed by atoms with van der Waals surface area (Å²) in [6.07, 6.45) is 5.26. The van der Waals surface area contributed by atoms with Gasteiger partial charge in [-0.3, -0.25) is 4.72 Å². The first-order valence-corrected chi connectivity index (χ1v) is 11.1. The van der Waals surface area contributed by atoms with Crippen LogP contribution in [0.15, 0.2) is 49.2 Å². The number of aromatic amines is 1. The number of benzene rings is 1. The van der Waals surface area contributed by atoms with E-state index in [0.717, 1.165) is 16.8 Å². The van der Waals surface area contributed by atoms with E-state index in [2.05, 4.69) is 35.0 Å². The molecule has 0 atom stereocenters. The van der Waals surface area contributed by atoms with Gasteiger partial charge in [0, 0.05) is 17.4 Å². The van der Waals surface area contributed by atoms with E-state index in [1.165, 1.54) is 6.33 Å². The highest BCUT2D eigenvalue weighted by atomic mass is 32.2. The Morgan fingerprint density at radius 3 is 2.80 bits per heavy atom. The molecule has 0 saturated heterocycles. The summed E-state index contributed by atoms with van der Waals surface area (Å²) in [6.45, 7) is 3.76. The minimum absolute atomic E-state index is 0.0713. The van der Waals surface area contributed by atoms with Crippen LogP contribution in [-0.4, -0.2) is 39.1 Å². The Morgan fingerprint density at radius 1 is 1.10 bits per heavy atom. The van der Waals surface area contributed by atoms with Gasteiger partial charge in [0.2, 0.25) is 10.0 Å². The summed E-state index contributed by atoms with van der Waals surface area (Å²) < 4.78 is 26.9. The van der Waals surface area contributed by atoms with E-state index in [4.69, 9.17) is 0 Å². The van der Waals surface area contributed by atoms with Crippen LogP contribution in [0.25, 0.3) is 22.4 Å². The zero-order valence-corrected chi connectivity index (χ0v) is 17.4. The summed E-state index contributed by atoms with van der Waals surface area (Å²) in [7, 11) is -3.38. The summed E-state index contributed by atoms with van der Waals surface area (Å²) in [5.41, 5.74) is 4.90. The Kier molecular flexibility index (Phi) is 5.32. The second kappa shape index (κ2) is 8.07. The molecule has 0 unspecified atom stereocenters.